The standard InChI is InChI=1S/C18H24N6/c1-12(2)17(13-6-8-14(9-7-13)18(3,4)5)19-15-10-11-16-20-22-23-24(16)21-15/h6-12,17H,1-5H3,(H,19,21)/t17-/m0/s1. The van der Waals surface area contributed by atoms with Crippen LogP contribution in [0.5, 0.6) is 0 Å². The van der Waals surface area contributed by atoms with Gasteiger partial charge in [-0.1, -0.05) is 58.9 Å². The number of hydrogen-bond acceptors (Lipinski definition) is 5. The van der Waals surface area contributed by atoms with E-state index in [0.29, 0.717) is 11.6 Å². The topological polar surface area (TPSA) is 68.0 Å². The molecular formula is C18H24N6. The molecule has 2 aromatic heterocycles. The number of nitrogens with zero attached hydrogens (tertiary/aromatic N) is 5. The summed E-state index contributed by atoms with van der Waals surface area (Å²) >= 11 is 0. The van der Waals surface area contributed by atoms with Crippen molar-refractivity contribution in [3.05, 3.63) is 47.5 Å². The van der Waals surface area contributed by atoms with Crippen LogP contribution >= 0.6 is 0 Å². The molecule has 0 unspecified atom stereocenters. The van der Waals surface area contributed by atoms with Crippen LogP contribution in [0.3, 0.4) is 0 Å². The third kappa shape index (κ3) is 3.37. The molecule has 0 fully saturated rings. The molecule has 0 amide bonds. The Morgan fingerprint density at radius 1 is 1.00 bits per heavy atom. The number of rotatable bonds is 4. The fourth-order valence-corrected chi connectivity index (χ4v) is 2.71. The Morgan fingerprint density at radius 3 is 2.33 bits per heavy atom. The first kappa shape index (κ1) is 16.4. The lowest BCUT2D eigenvalue weighted by molar-refractivity contribution is 0.541. The lowest BCUT2D eigenvalue weighted by atomic mass is 9.85. The van der Waals surface area contributed by atoms with Crippen LogP contribution in [0.4, 0.5) is 5.82 Å². The molecule has 0 radical (unpaired) electrons. The van der Waals surface area contributed by atoms with E-state index in [-0.39, 0.29) is 11.5 Å². The smallest absolute Gasteiger partial charge is 0.200 e. The molecule has 1 aromatic carbocycles. The van der Waals surface area contributed by atoms with E-state index in [1.54, 1.807) is 0 Å². The minimum atomic E-state index is 0.159. The van der Waals surface area contributed by atoms with Crippen molar-refractivity contribution in [1.82, 2.24) is 25.3 Å². The summed E-state index contributed by atoms with van der Waals surface area (Å²) < 4.78 is 1.43. The molecule has 0 aliphatic rings. The van der Waals surface area contributed by atoms with E-state index >= 15 is 0 Å². The van der Waals surface area contributed by atoms with Crippen LogP contribution in [0.1, 0.15) is 51.8 Å². The summed E-state index contributed by atoms with van der Waals surface area (Å²) in [6.45, 7) is 11.1. The molecule has 1 atom stereocenters. The molecule has 2 heterocycles. The number of anilines is 1. The lowest BCUT2D eigenvalue weighted by Gasteiger charge is -2.25. The minimum absolute atomic E-state index is 0.159. The molecule has 6 nitrogen and oxygen atoms in total. The van der Waals surface area contributed by atoms with Gasteiger partial charge in [0.1, 0.15) is 5.82 Å². The first-order chi connectivity index (χ1) is 11.3. The van der Waals surface area contributed by atoms with E-state index in [1.165, 1.54) is 15.8 Å². The van der Waals surface area contributed by atoms with Gasteiger partial charge in [0.15, 0.2) is 5.65 Å². The van der Waals surface area contributed by atoms with E-state index in [9.17, 15) is 0 Å². The summed E-state index contributed by atoms with van der Waals surface area (Å²) in [6.07, 6.45) is 0. The van der Waals surface area contributed by atoms with Crippen LogP contribution in [-0.4, -0.2) is 25.3 Å². The summed E-state index contributed by atoms with van der Waals surface area (Å²) in [5.74, 6) is 1.17. The predicted octanol–water partition coefficient (Wildman–Crippen LogP) is 3.63. The molecule has 3 aromatic rings. The van der Waals surface area contributed by atoms with Gasteiger partial charge >= 0.3 is 0 Å². The zero-order valence-electron chi connectivity index (χ0n) is 14.9. The maximum Gasteiger partial charge on any atom is 0.200 e. The second-order valence-corrected chi connectivity index (χ2v) is 7.48. The maximum absolute atomic E-state index is 4.41. The average Bonchev–Trinajstić information content (AvgIpc) is 2.99. The Kier molecular flexibility index (Phi) is 4.22. The summed E-state index contributed by atoms with van der Waals surface area (Å²) in [5, 5.41) is 19.3. The van der Waals surface area contributed by atoms with Crippen molar-refractivity contribution in [2.75, 3.05) is 5.32 Å². The molecular weight excluding hydrogens is 300 g/mol. The van der Waals surface area contributed by atoms with Crippen molar-refractivity contribution in [3.63, 3.8) is 0 Å². The van der Waals surface area contributed by atoms with Gasteiger partial charge in [0.05, 0.1) is 6.04 Å². The zero-order valence-corrected chi connectivity index (χ0v) is 14.9. The van der Waals surface area contributed by atoms with E-state index in [4.69, 9.17) is 0 Å². The Hall–Kier alpha value is -2.50. The maximum atomic E-state index is 4.41. The van der Waals surface area contributed by atoms with Gasteiger partial charge in [0.2, 0.25) is 0 Å². The largest absolute Gasteiger partial charge is 0.362 e. The average molecular weight is 324 g/mol. The molecule has 1 N–H and O–H groups in total. The number of hydrogen-bond donors (Lipinski definition) is 1. The van der Waals surface area contributed by atoms with Gasteiger partial charge in [-0.2, -0.15) is 0 Å². The summed E-state index contributed by atoms with van der Waals surface area (Å²) in [5.41, 5.74) is 3.38. The number of fused-ring (bicyclic) bond motifs is 1. The molecule has 0 aliphatic heterocycles. The Bertz CT molecular complexity index is 813. The highest BCUT2D eigenvalue weighted by Crippen LogP contribution is 2.28. The molecule has 24 heavy (non-hydrogen) atoms. The summed E-state index contributed by atoms with van der Waals surface area (Å²) in [4.78, 5) is 0. The zero-order chi connectivity index (χ0) is 17.3. The van der Waals surface area contributed by atoms with E-state index in [0.717, 1.165) is 5.82 Å². The number of aromatic nitrogens is 5. The molecule has 0 saturated heterocycles. The quantitative estimate of drug-likeness (QED) is 0.794. The fourth-order valence-electron chi connectivity index (χ4n) is 2.71. The SMILES string of the molecule is CC(C)[C@H](Nc1ccc2nnnn2n1)c1ccc(C(C)(C)C)cc1. The normalized spacial score (nSPS) is 13.4. The fraction of sp³-hybridized carbons (Fsp3) is 0.444. The van der Waals surface area contributed by atoms with Crippen molar-refractivity contribution in [2.45, 2.75) is 46.1 Å². The van der Waals surface area contributed by atoms with Gasteiger partial charge in [-0.25, -0.2) is 0 Å². The predicted molar refractivity (Wildman–Crippen MR) is 94.9 cm³/mol. The van der Waals surface area contributed by atoms with Gasteiger partial charge in [0, 0.05) is 0 Å². The van der Waals surface area contributed by atoms with Crippen LogP contribution in [-0.2, 0) is 5.41 Å². The molecule has 3 rings (SSSR count). The first-order valence-electron chi connectivity index (χ1n) is 8.27. The Balaban J connectivity index is 1.86. The highest BCUT2D eigenvalue weighted by atomic mass is 15.6. The van der Waals surface area contributed by atoms with Crippen LogP contribution in [0, 0.1) is 5.92 Å². The highest BCUT2D eigenvalue weighted by Gasteiger charge is 2.19. The first-order valence-corrected chi connectivity index (χ1v) is 8.27. The van der Waals surface area contributed by atoms with Crippen molar-refractivity contribution in [1.29, 1.82) is 0 Å². The van der Waals surface area contributed by atoms with Crippen molar-refractivity contribution < 1.29 is 0 Å². The minimum Gasteiger partial charge on any atom is -0.362 e. The highest BCUT2D eigenvalue weighted by molar-refractivity contribution is 5.44. The van der Waals surface area contributed by atoms with Gasteiger partial charge in [-0.3, -0.25) is 0 Å². The third-order valence-corrected chi connectivity index (χ3v) is 4.18. The van der Waals surface area contributed by atoms with E-state index < -0.39 is 0 Å². The van der Waals surface area contributed by atoms with Crippen molar-refractivity contribution >= 4 is 11.5 Å². The second kappa shape index (κ2) is 6.19. The molecule has 0 spiro atoms. The number of nitrogens with one attached hydrogen (secondary N) is 1. The van der Waals surface area contributed by atoms with Crippen LogP contribution < -0.4 is 5.32 Å². The molecule has 0 aliphatic carbocycles. The monoisotopic (exact) mass is 324 g/mol. The summed E-state index contributed by atoms with van der Waals surface area (Å²) in [6, 6.07) is 12.8. The lowest BCUT2D eigenvalue weighted by Crippen LogP contribution is -2.19. The Morgan fingerprint density at radius 2 is 1.71 bits per heavy atom. The molecule has 0 bridgehead atoms. The summed E-state index contributed by atoms with van der Waals surface area (Å²) in [7, 11) is 0. The molecule has 0 saturated carbocycles. The Labute approximate surface area is 142 Å². The molecule has 126 valence electrons. The van der Waals surface area contributed by atoms with Crippen LogP contribution in [0.25, 0.3) is 5.65 Å². The van der Waals surface area contributed by atoms with Crippen molar-refractivity contribution in [3.8, 4) is 0 Å². The molecule has 6 heteroatoms. The van der Waals surface area contributed by atoms with E-state index in [1.807, 2.05) is 12.1 Å². The van der Waals surface area contributed by atoms with Crippen molar-refractivity contribution in [2.24, 2.45) is 5.92 Å². The van der Waals surface area contributed by atoms with Gasteiger partial charge in [-0.05, 0) is 45.0 Å². The van der Waals surface area contributed by atoms with Gasteiger partial charge in [-0.15, -0.1) is 14.8 Å². The number of benzene rings is 1. The number of tetrazole rings is 1. The van der Waals surface area contributed by atoms with Crippen LogP contribution in [0.2, 0.25) is 0 Å². The second-order valence-electron chi connectivity index (χ2n) is 7.48. The van der Waals surface area contributed by atoms with Gasteiger partial charge < -0.3 is 5.32 Å². The van der Waals surface area contributed by atoms with Crippen LogP contribution in [0.15, 0.2) is 36.4 Å². The van der Waals surface area contributed by atoms with E-state index in [2.05, 4.69) is 84.8 Å². The van der Waals surface area contributed by atoms with Gasteiger partial charge in [0.25, 0.3) is 0 Å². The third-order valence-electron chi connectivity index (χ3n) is 4.18.